The monoisotopic (exact) mass is 328 g/mol. The third-order valence-electron chi connectivity index (χ3n) is 3.08. The Kier molecular flexibility index (Phi) is 6.44. The molecule has 0 fully saturated rings. The van der Waals surface area contributed by atoms with E-state index in [-0.39, 0.29) is 16.8 Å². The van der Waals surface area contributed by atoms with Crippen LogP contribution in [0.2, 0.25) is 0 Å². The van der Waals surface area contributed by atoms with Crippen LogP contribution in [-0.4, -0.2) is 17.6 Å². The molecule has 0 aliphatic rings. The van der Waals surface area contributed by atoms with E-state index in [1.807, 2.05) is 30.3 Å². The minimum absolute atomic E-state index is 0.287. The zero-order valence-electron chi connectivity index (χ0n) is 12.5. The van der Waals surface area contributed by atoms with Crippen LogP contribution in [0, 0.1) is 5.82 Å². The number of rotatable bonds is 5. The molecule has 5 heteroatoms. The summed E-state index contributed by atoms with van der Waals surface area (Å²) in [6.45, 7) is 0.644. The second-order valence-electron chi connectivity index (χ2n) is 4.87. The predicted molar refractivity (Wildman–Crippen MR) is 94.3 cm³/mol. The molecule has 0 aliphatic carbocycles. The fourth-order valence-corrected chi connectivity index (χ4v) is 2.11. The third kappa shape index (κ3) is 6.40. The van der Waals surface area contributed by atoms with Crippen molar-refractivity contribution in [3.05, 3.63) is 77.6 Å². The van der Waals surface area contributed by atoms with Crippen LogP contribution in [0.15, 0.2) is 60.7 Å². The van der Waals surface area contributed by atoms with Crippen molar-refractivity contribution >= 4 is 29.3 Å². The number of carbonyl (C=O) groups is 1. The summed E-state index contributed by atoms with van der Waals surface area (Å²) in [5, 5.41) is 5.84. The van der Waals surface area contributed by atoms with Crippen LogP contribution >= 0.6 is 12.2 Å². The molecule has 2 aromatic carbocycles. The molecule has 0 radical (unpaired) electrons. The summed E-state index contributed by atoms with van der Waals surface area (Å²) in [6, 6.07) is 15.9. The molecule has 1 amide bonds. The molecule has 2 aromatic rings. The van der Waals surface area contributed by atoms with Crippen LogP contribution in [0.4, 0.5) is 4.39 Å². The molecule has 0 aliphatic heterocycles. The lowest BCUT2D eigenvalue weighted by Crippen LogP contribution is -2.39. The first-order valence-electron chi connectivity index (χ1n) is 7.20. The van der Waals surface area contributed by atoms with Gasteiger partial charge in [-0.25, -0.2) is 4.39 Å². The quantitative estimate of drug-likeness (QED) is 0.655. The molecule has 0 spiro atoms. The average molecular weight is 328 g/mol. The van der Waals surface area contributed by atoms with Crippen molar-refractivity contribution in [2.24, 2.45) is 0 Å². The van der Waals surface area contributed by atoms with Crippen molar-refractivity contribution in [1.29, 1.82) is 0 Å². The third-order valence-corrected chi connectivity index (χ3v) is 3.32. The maximum atomic E-state index is 12.8. The predicted octanol–water partition coefficient (Wildman–Crippen LogP) is 3.07. The Morgan fingerprint density at radius 2 is 1.78 bits per heavy atom. The van der Waals surface area contributed by atoms with Crippen LogP contribution in [0.1, 0.15) is 11.1 Å². The van der Waals surface area contributed by atoms with E-state index in [1.165, 1.54) is 23.8 Å². The van der Waals surface area contributed by atoms with Crippen molar-refractivity contribution in [1.82, 2.24) is 10.6 Å². The fourth-order valence-electron chi connectivity index (χ4n) is 1.91. The first-order valence-corrected chi connectivity index (χ1v) is 7.61. The molecule has 2 rings (SSSR count). The van der Waals surface area contributed by atoms with Gasteiger partial charge in [-0.1, -0.05) is 42.5 Å². The summed E-state index contributed by atoms with van der Waals surface area (Å²) in [5.74, 6) is -0.637. The van der Waals surface area contributed by atoms with Gasteiger partial charge in [-0.15, -0.1) is 0 Å². The smallest absolute Gasteiger partial charge is 0.250 e. The van der Waals surface area contributed by atoms with E-state index >= 15 is 0 Å². The van der Waals surface area contributed by atoms with Gasteiger partial charge in [0.1, 0.15) is 5.82 Å². The van der Waals surface area contributed by atoms with Crippen LogP contribution < -0.4 is 10.6 Å². The van der Waals surface area contributed by atoms with E-state index in [0.29, 0.717) is 6.54 Å². The maximum Gasteiger partial charge on any atom is 0.250 e. The normalized spacial score (nSPS) is 10.5. The first kappa shape index (κ1) is 16.8. The maximum absolute atomic E-state index is 12.8. The zero-order valence-corrected chi connectivity index (χ0v) is 13.3. The van der Waals surface area contributed by atoms with Gasteiger partial charge in [0, 0.05) is 12.6 Å². The summed E-state index contributed by atoms with van der Waals surface area (Å²) in [4.78, 5) is 11.7. The number of amides is 1. The molecule has 0 unspecified atom stereocenters. The van der Waals surface area contributed by atoms with Crippen molar-refractivity contribution in [2.45, 2.75) is 6.42 Å². The molecule has 0 bridgehead atoms. The summed E-state index contributed by atoms with van der Waals surface area (Å²) in [5.41, 5.74) is 1.94. The van der Waals surface area contributed by atoms with E-state index in [1.54, 1.807) is 18.2 Å². The zero-order chi connectivity index (χ0) is 16.5. The van der Waals surface area contributed by atoms with Crippen molar-refractivity contribution < 1.29 is 9.18 Å². The lowest BCUT2D eigenvalue weighted by atomic mass is 10.1. The molecule has 118 valence electrons. The number of hydrogen-bond acceptors (Lipinski definition) is 2. The second kappa shape index (κ2) is 8.80. The molecule has 0 saturated heterocycles. The van der Waals surface area contributed by atoms with Gasteiger partial charge < -0.3 is 5.32 Å². The molecule has 2 N–H and O–H groups in total. The van der Waals surface area contributed by atoms with E-state index in [0.717, 1.165) is 12.0 Å². The van der Waals surface area contributed by atoms with Gasteiger partial charge in [0.05, 0.1) is 0 Å². The lowest BCUT2D eigenvalue weighted by Gasteiger charge is -2.08. The van der Waals surface area contributed by atoms with Crippen molar-refractivity contribution in [3.63, 3.8) is 0 Å². The highest BCUT2D eigenvalue weighted by molar-refractivity contribution is 7.80. The number of benzene rings is 2. The van der Waals surface area contributed by atoms with Gasteiger partial charge in [0.25, 0.3) is 0 Å². The molecule has 3 nitrogen and oxygen atoms in total. The van der Waals surface area contributed by atoms with Crippen molar-refractivity contribution in [3.8, 4) is 0 Å². The number of halogens is 1. The van der Waals surface area contributed by atoms with Gasteiger partial charge in [-0.05, 0) is 48.0 Å². The Morgan fingerprint density at radius 1 is 1.09 bits per heavy atom. The van der Waals surface area contributed by atoms with E-state index < -0.39 is 0 Å². The Hall–Kier alpha value is -2.53. The molecule has 0 aromatic heterocycles. The summed E-state index contributed by atoms with van der Waals surface area (Å²) < 4.78 is 12.8. The largest absolute Gasteiger partial charge is 0.362 e. The van der Waals surface area contributed by atoms with Gasteiger partial charge >= 0.3 is 0 Å². The van der Waals surface area contributed by atoms with Gasteiger partial charge in [-0.2, -0.15) is 0 Å². The van der Waals surface area contributed by atoms with Crippen LogP contribution in [0.25, 0.3) is 6.08 Å². The summed E-state index contributed by atoms with van der Waals surface area (Å²) in [6.07, 6.45) is 3.78. The first-order chi connectivity index (χ1) is 11.1. The standard InChI is InChI=1S/C18H17FN2OS/c19-16-9-6-15(7-10-16)8-11-17(22)21-18(23)20-13-12-14-4-2-1-3-5-14/h1-11H,12-13H2,(H2,20,21,22,23). The van der Waals surface area contributed by atoms with E-state index in [4.69, 9.17) is 12.2 Å². The fraction of sp³-hybridized carbons (Fsp3) is 0.111. The lowest BCUT2D eigenvalue weighted by molar-refractivity contribution is -0.115. The molecule has 23 heavy (non-hydrogen) atoms. The SMILES string of the molecule is O=C(C=Cc1ccc(F)cc1)NC(=S)NCCc1ccccc1. The Labute approximate surface area is 140 Å². The average Bonchev–Trinajstić information content (AvgIpc) is 2.55. The highest BCUT2D eigenvalue weighted by Gasteiger charge is 2.00. The van der Waals surface area contributed by atoms with Crippen LogP contribution in [0.5, 0.6) is 0 Å². The minimum atomic E-state index is -0.327. The van der Waals surface area contributed by atoms with Crippen LogP contribution in [0.3, 0.4) is 0 Å². The Morgan fingerprint density at radius 3 is 2.48 bits per heavy atom. The summed E-state index contributed by atoms with van der Waals surface area (Å²) >= 11 is 5.07. The minimum Gasteiger partial charge on any atom is -0.362 e. The molecular formula is C18H17FN2OS. The van der Waals surface area contributed by atoms with Crippen LogP contribution in [-0.2, 0) is 11.2 Å². The molecular weight excluding hydrogens is 311 g/mol. The molecule has 0 atom stereocenters. The Balaban J connectivity index is 1.72. The van der Waals surface area contributed by atoms with Gasteiger partial charge in [0.2, 0.25) is 5.91 Å². The molecule has 0 saturated carbocycles. The second-order valence-corrected chi connectivity index (χ2v) is 5.27. The number of thiocarbonyl (C=S) groups is 1. The summed E-state index contributed by atoms with van der Waals surface area (Å²) in [7, 11) is 0. The number of nitrogens with one attached hydrogen (secondary N) is 2. The number of carbonyl (C=O) groups excluding carboxylic acids is 1. The van der Waals surface area contributed by atoms with Gasteiger partial charge in [-0.3, -0.25) is 10.1 Å². The van der Waals surface area contributed by atoms with E-state index in [9.17, 15) is 9.18 Å². The van der Waals surface area contributed by atoms with Gasteiger partial charge in [0.15, 0.2) is 5.11 Å². The Bertz CT molecular complexity index is 684. The highest BCUT2D eigenvalue weighted by atomic mass is 32.1. The molecule has 0 heterocycles. The number of hydrogen-bond donors (Lipinski definition) is 2. The van der Waals surface area contributed by atoms with E-state index in [2.05, 4.69) is 10.6 Å². The topological polar surface area (TPSA) is 41.1 Å². The highest BCUT2D eigenvalue weighted by Crippen LogP contribution is 2.04. The van der Waals surface area contributed by atoms with Crippen molar-refractivity contribution in [2.75, 3.05) is 6.54 Å².